The lowest BCUT2D eigenvalue weighted by molar-refractivity contribution is -0.138. The Morgan fingerprint density at radius 3 is 2.21 bits per heavy atom. The van der Waals surface area contributed by atoms with E-state index in [2.05, 4.69) is 10.1 Å². The third kappa shape index (κ3) is 3.22. The number of esters is 1. The van der Waals surface area contributed by atoms with E-state index in [1.807, 2.05) is 13.8 Å². The van der Waals surface area contributed by atoms with E-state index in [1.165, 1.54) is 14.0 Å². The Hall–Kier alpha value is -1.65. The Morgan fingerprint density at radius 2 is 1.84 bits per heavy atom. The fraction of sp³-hybridized carbons (Fsp3) is 0.643. The van der Waals surface area contributed by atoms with Crippen LogP contribution in [0.25, 0.3) is 0 Å². The molecule has 0 unspecified atom stereocenters. The molecule has 0 bridgehead atoms. The predicted molar refractivity (Wildman–Crippen MR) is 70.0 cm³/mol. The van der Waals surface area contributed by atoms with Crippen LogP contribution in [-0.2, 0) is 19.1 Å². The summed E-state index contributed by atoms with van der Waals surface area (Å²) >= 11 is 0. The maximum atomic E-state index is 11.6. The highest BCUT2D eigenvalue weighted by Crippen LogP contribution is 2.52. The highest BCUT2D eigenvalue weighted by Gasteiger charge is 2.49. The van der Waals surface area contributed by atoms with Crippen LogP contribution in [0.3, 0.4) is 0 Å². The van der Waals surface area contributed by atoms with E-state index in [1.54, 1.807) is 13.0 Å². The fourth-order valence-electron chi connectivity index (χ4n) is 2.59. The number of ketones is 1. The molecular formula is C14H21NO4. The third-order valence-corrected chi connectivity index (χ3v) is 3.92. The van der Waals surface area contributed by atoms with Gasteiger partial charge < -0.3 is 10.1 Å². The summed E-state index contributed by atoms with van der Waals surface area (Å²) in [6, 6.07) is 0. The molecule has 5 nitrogen and oxygen atoms in total. The Balaban J connectivity index is 2.90. The molecule has 1 rings (SSSR count). The number of Topliss-reactive ketones (excluding diaryl/α,β-unsaturated/α-hetero) is 1. The van der Waals surface area contributed by atoms with E-state index in [9.17, 15) is 14.4 Å². The molecule has 0 aromatic heterocycles. The number of hydrogen-bond donors (Lipinski definition) is 1. The van der Waals surface area contributed by atoms with Gasteiger partial charge in [0.25, 0.3) is 0 Å². The van der Waals surface area contributed by atoms with Crippen LogP contribution in [0.4, 0.5) is 0 Å². The Morgan fingerprint density at radius 1 is 1.26 bits per heavy atom. The lowest BCUT2D eigenvalue weighted by Crippen LogP contribution is -2.48. The van der Waals surface area contributed by atoms with Crippen molar-refractivity contribution in [2.24, 2.45) is 17.3 Å². The van der Waals surface area contributed by atoms with E-state index >= 15 is 0 Å². The van der Waals surface area contributed by atoms with E-state index < -0.39 is 5.97 Å². The number of ether oxygens (including phenoxy) is 1. The van der Waals surface area contributed by atoms with Crippen LogP contribution < -0.4 is 5.32 Å². The summed E-state index contributed by atoms with van der Waals surface area (Å²) in [5.41, 5.74) is -0.0566. The molecule has 0 spiro atoms. The first-order chi connectivity index (χ1) is 8.70. The second-order valence-electron chi connectivity index (χ2n) is 5.58. The molecule has 1 aliphatic carbocycles. The minimum Gasteiger partial charge on any atom is -0.464 e. The number of allylic oxidation sites excluding steroid dienone is 1. The average molecular weight is 267 g/mol. The average Bonchev–Trinajstić information content (AvgIpc) is 2.30. The number of hydrogen-bond acceptors (Lipinski definition) is 4. The van der Waals surface area contributed by atoms with Gasteiger partial charge in [-0.3, -0.25) is 9.59 Å². The lowest BCUT2D eigenvalue weighted by atomic mass is 9.53. The first-order valence-electron chi connectivity index (χ1n) is 6.28. The molecule has 19 heavy (non-hydrogen) atoms. The zero-order chi connectivity index (χ0) is 14.8. The molecule has 0 radical (unpaired) electrons. The van der Waals surface area contributed by atoms with Crippen molar-refractivity contribution in [3.63, 3.8) is 0 Å². The molecule has 0 heterocycles. The van der Waals surface area contributed by atoms with Crippen molar-refractivity contribution < 1.29 is 19.1 Å². The summed E-state index contributed by atoms with van der Waals surface area (Å²) in [4.78, 5) is 34.1. The normalized spacial score (nSPS) is 25.2. The maximum Gasteiger partial charge on any atom is 0.354 e. The molecule has 1 N–H and O–H groups in total. The van der Waals surface area contributed by atoms with Crippen molar-refractivity contribution in [3.05, 3.63) is 11.8 Å². The summed E-state index contributed by atoms with van der Waals surface area (Å²) in [5, 5.41) is 2.47. The largest absolute Gasteiger partial charge is 0.464 e. The minimum atomic E-state index is -0.572. The van der Waals surface area contributed by atoms with Gasteiger partial charge in [-0.15, -0.1) is 0 Å². The third-order valence-electron chi connectivity index (χ3n) is 3.92. The number of rotatable bonds is 4. The summed E-state index contributed by atoms with van der Waals surface area (Å²) in [7, 11) is 1.27. The fourth-order valence-corrected chi connectivity index (χ4v) is 2.59. The maximum absolute atomic E-state index is 11.6. The number of carbonyl (C=O) groups is 3. The number of amides is 1. The zero-order valence-corrected chi connectivity index (χ0v) is 12.1. The van der Waals surface area contributed by atoms with Crippen LogP contribution in [0.1, 0.15) is 34.1 Å². The van der Waals surface area contributed by atoms with Gasteiger partial charge in [-0.25, -0.2) is 4.79 Å². The highest BCUT2D eigenvalue weighted by atomic mass is 16.5. The van der Waals surface area contributed by atoms with Crippen LogP contribution in [0.2, 0.25) is 0 Å². The van der Waals surface area contributed by atoms with Crippen molar-refractivity contribution in [1.29, 1.82) is 0 Å². The standard InChI is InChI=1S/C14H21NO4/c1-8(16)11-6-10(14(11,3)4)7-12(13(18)19-5)15-9(2)17/h7,10-11H,6H2,1-5H3,(H,15,17)/b12-7-/t10-,11+/m1/s1. The molecule has 5 heteroatoms. The molecule has 2 atom stereocenters. The number of carbonyl (C=O) groups excluding carboxylic acids is 3. The van der Waals surface area contributed by atoms with Crippen molar-refractivity contribution in [2.45, 2.75) is 34.1 Å². The van der Waals surface area contributed by atoms with Crippen molar-refractivity contribution >= 4 is 17.7 Å². The van der Waals surface area contributed by atoms with Crippen molar-refractivity contribution in [3.8, 4) is 0 Å². The van der Waals surface area contributed by atoms with Gasteiger partial charge in [-0.1, -0.05) is 13.8 Å². The second-order valence-corrected chi connectivity index (χ2v) is 5.58. The molecule has 0 aliphatic heterocycles. The first-order valence-corrected chi connectivity index (χ1v) is 6.28. The quantitative estimate of drug-likeness (QED) is 0.618. The SMILES string of the molecule is COC(=O)/C(=C/[C@H]1C[C@@H](C(C)=O)C1(C)C)NC(C)=O. The van der Waals surface area contributed by atoms with Crippen LogP contribution in [-0.4, -0.2) is 24.8 Å². The highest BCUT2D eigenvalue weighted by molar-refractivity contribution is 5.93. The van der Waals surface area contributed by atoms with Gasteiger partial charge in [0.15, 0.2) is 0 Å². The predicted octanol–water partition coefficient (Wildman–Crippen LogP) is 1.43. The molecule has 1 fully saturated rings. The topological polar surface area (TPSA) is 72.5 Å². The Kier molecular flexibility index (Phi) is 4.50. The van der Waals surface area contributed by atoms with Gasteiger partial charge in [0.1, 0.15) is 11.5 Å². The van der Waals surface area contributed by atoms with Gasteiger partial charge in [0.05, 0.1) is 7.11 Å². The molecule has 1 saturated carbocycles. The van der Waals surface area contributed by atoms with Gasteiger partial charge >= 0.3 is 5.97 Å². The second kappa shape index (κ2) is 5.55. The molecule has 0 aromatic carbocycles. The van der Waals surface area contributed by atoms with E-state index in [0.717, 1.165) is 0 Å². The monoisotopic (exact) mass is 267 g/mol. The van der Waals surface area contributed by atoms with Crippen LogP contribution in [0.5, 0.6) is 0 Å². The van der Waals surface area contributed by atoms with Gasteiger partial charge in [-0.2, -0.15) is 0 Å². The molecular weight excluding hydrogens is 246 g/mol. The van der Waals surface area contributed by atoms with E-state index in [-0.39, 0.29) is 34.6 Å². The summed E-state index contributed by atoms with van der Waals surface area (Å²) in [6.07, 6.45) is 2.40. The smallest absolute Gasteiger partial charge is 0.354 e. The van der Waals surface area contributed by atoms with Gasteiger partial charge in [0.2, 0.25) is 5.91 Å². The van der Waals surface area contributed by atoms with Gasteiger partial charge in [0, 0.05) is 12.8 Å². The van der Waals surface area contributed by atoms with Crippen LogP contribution >= 0.6 is 0 Å². The van der Waals surface area contributed by atoms with Crippen molar-refractivity contribution in [1.82, 2.24) is 5.32 Å². The summed E-state index contributed by atoms with van der Waals surface area (Å²) in [5.74, 6) is -0.657. The van der Waals surface area contributed by atoms with Gasteiger partial charge in [-0.05, 0) is 30.8 Å². The first kappa shape index (κ1) is 15.4. The molecule has 106 valence electrons. The molecule has 0 saturated heterocycles. The van der Waals surface area contributed by atoms with Crippen molar-refractivity contribution in [2.75, 3.05) is 7.11 Å². The Labute approximate surface area is 113 Å². The van der Waals surface area contributed by atoms with Crippen LogP contribution in [0.15, 0.2) is 11.8 Å². The molecule has 0 aromatic rings. The zero-order valence-electron chi connectivity index (χ0n) is 12.1. The Bertz CT molecular complexity index is 437. The number of methoxy groups -OCH3 is 1. The van der Waals surface area contributed by atoms with E-state index in [4.69, 9.17) is 0 Å². The summed E-state index contributed by atoms with van der Waals surface area (Å²) < 4.78 is 4.64. The number of nitrogens with one attached hydrogen (secondary N) is 1. The molecule has 1 amide bonds. The molecule has 1 aliphatic rings. The lowest BCUT2D eigenvalue weighted by Gasteiger charge is -2.50. The summed E-state index contributed by atoms with van der Waals surface area (Å²) in [6.45, 7) is 6.90. The van der Waals surface area contributed by atoms with Crippen LogP contribution in [0, 0.1) is 17.3 Å². The van der Waals surface area contributed by atoms with E-state index in [0.29, 0.717) is 6.42 Å². The minimum absolute atomic E-state index is 0.00461.